The fraction of sp³-hybridized carbons (Fsp3) is 0.333. The largest absolute Gasteiger partial charge is 0.310 e. The number of hydrogen-bond acceptors (Lipinski definition) is 1. The second kappa shape index (κ2) is 4.19. The van der Waals surface area contributed by atoms with Gasteiger partial charge >= 0.3 is 0 Å². The van der Waals surface area contributed by atoms with Gasteiger partial charge in [-0.2, -0.15) is 0 Å². The van der Waals surface area contributed by atoms with E-state index in [0.717, 1.165) is 18.7 Å². The van der Waals surface area contributed by atoms with Crippen molar-refractivity contribution in [3.05, 3.63) is 35.1 Å². The van der Waals surface area contributed by atoms with Crippen LogP contribution in [-0.4, -0.2) is 6.54 Å². The molecule has 1 aliphatic heterocycles. The summed E-state index contributed by atoms with van der Waals surface area (Å²) in [4.78, 5) is 0. The minimum absolute atomic E-state index is 0. The van der Waals surface area contributed by atoms with Crippen molar-refractivity contribution < 1.29 is 13.2 Å². The molecule has 1 heterocycles. The average molecular weight is 224 g/mol. The molecule has 1 saturated heterocycles. The Hall–Kier alpha value is -0.740. The van der Waals surface area contributed by atoms with Crippen molar-refractivity contribution in [3.8, 4) is 0 Å². The maximum Gasteiger partial charge on any atom is 0.166 e. The fourth-order valence-corrected chi connectivity index (χ4v) is 1.40. The lowest BCUT2D eigenvalue weighted by atomic mass is 9.97. The zero-order valence-corrected chi connectivity index (χ0v) is 8.00. The van der Waals surface area contributed by atoms with Crippen LogP contribution in [0.15, 0.2) is 12.1 Å². The summed E-state index contributed by atoms with van der Waals surface area (Å²) in [5, 5.41) is 2.82. The molecule has 1 N–H and O–H groups in total. The van der Waals surface area contributed by atoms with E-state index < -0.39 is 17.5 Å². The van der Waals surface area contributed by atoms with E-state index in [0.29, 0.717) is 6.42 Å². The SMILES string of the molecule is Cl.Fc1ccc(F)c([C@H]2CCN2)c1F. The van der Waals surface area contributed by atoms with Gasteiger partial charge in [-0.1, -0.05) is 0 Å². The normalized spacial score (nSPS) is 19.8. The van der Waals surface area contributed by atoms with Gasteiger partial charge in [-0.15, -0.1) is 12.4 Å². The highest BCUT2D eigenvalue weighted by atomic mass is 35.5. The van der Waals surface area contributed by atoms with Crippen molar-refractivity contribution in [1.29, 1.82) is 0 Å². The van der Waals surface area contributed by atoms with Crippen LogP contribution in [-0.2, 0) is 0 Å². The molecule has 1 nitrogen and oxygen atoms in total. The van der Waals surface area contributed by atoms with Gasteiger partial charge in [0.05, 0.1) is 0 Å². The molecule has 1 atom stereocenters. The molecule has 0 radical (unpaired) electrons. The van der Waals surface area contributed by atoms with Crippen molar-refractivity contribution in [2.75, 3.05) is 6.54 Å². The van der Waals surface area contributed by atoms with Crippen LogP contribution in [0.25, 0.3) is 0 Å². The van der Waals surface area contributed by atoms with Gasteiger partial charge in [-0.05, 0) is 25.1 Å². The molecule has 0 aromatic heterocycles. The third-order valence-corrected chi connectivity index (χ3v) is 2.25. The van der Waals surface area contributed by atoms with Crippen LogP contribution < -0.4 is 5.32 Å². The van der Waals surface area contributed by atoms with E-state index in [1.54, 1.807) is 0 Å². The van der Waals surface area contributed by atoms with Crippen LogP contribution >= 0.6 is 12.4 Å². The van der Waals surface area contributed by atoms with Crippen molar-refractivity contribution >= 4 is 12.4 Å². The second-order valence-corrected chi connectivity index (χ2v) is 3.05. The molecule has 0 saturated carbocycles. The first-order valence-electron chi connectivity index (χ1n) is 4.07. The number of nitrogens with one attached hydrogen (secondary N) is 1. The molecule has 0 spiro atoms. The molecule has 78 valence electrons. The first-order chi connectivity index (χ1) is 6.20. The molecule has 0 aliphatic carbocycles. The Morgan fingerprint density at radius 3 is 2.21 bits per heavy atom. The van der Waals surface area contributed by atoms with Gasteiger partial charge in [-0.25, -0.2) is 13.2 Å². The Morgan fingerprint density at radius 1 is 1.14 bits per heavy atom. The van der Waals surface area contributed by atoms with E-state index >= 15 is 0 Å². The van der Waals surface area contributed by atoms with Gasteiger partial charge < -0.3 is 5.32 Å². The lowest BCUT2D eigenvalue weighted by molar-refractivity contribution is 0.348. The Kier molecular flexibility index (Phi) is 3.39. The molecule has 0 unspecified atom stereocenters. The first kappa shape index (κ1) is 11.3. The molecule has 1 aliphatic rings. The Labute approximate surface area is 85.7 Å². The summed E-state index contributed by atoms with van der Waals surface area (Å²) in [6.45, 7) is 0.722. The van der Waals surface area contributed by atoms with Crippen LogP contribution in [0.3, 0.4) is 0 Å². The molecule has 14 heavy (non-hydrogen) atoms. The van der Waals surface area contributed by atoms with E-state index in [4.69, 9.17) is 0 Å². The molecule has 5 heteroatoms. The summed E-state index contributed by atoms with van der Waals surface area (Å²) in [7, 11) is 0. The van der Waals surface area contributed by atoms with E-state index in [-0.39, 0.29) is 24.0 Å². The highest BCUT2D eigenvalue weighted by Crippen LogP contribution is 2.28. The van der Waals surface area contributed by atoms with Crippen LogP contribution in [0.5, 0.6) is 0 Å². The van der Waals surface area contributed by atoms with Gasteiger partial charge in [0.1, 0.15) is 5.82 Å². The minimum atomic E-state index is -1.07. The molecule has 1 aromatic carbocycles. The molecular weight excluding hydrogens is 215 g/mol. The molecule has 0 bridgehead atoms. The van der Waals surface area contributed by atoms with Crippen LogP contribution in [0.4, 0.5) is 13.2 Å². The van der Waals surface area contributed by atoms with Crippen LogP contribution in [0, 0.1) is 17.5 Å². The number of benzene rings is 1. The van der Waals surface area contributed by atoms with E-state index in [2.05, 4.69) is 5.32 Å². The summed E-state index contributed by atoms with van der Waals surface area (Å²) in [5.74, 6) is -2.75. The summed E-state index contributed by atoms with van der Waals surface area (Å²) < 4.78 is 38.8. The quantitative estimate of drug-likeness (QED) is 0.722. The molecule has 2 rings (SSSR count). The lowest BCUT2D eigenvalue weighted by Crippen LogP contribution is -2.36. The smallest absolute Gasteiger partial charge is 0.166 e. The Morgan fingerprint density at radius 2 is 1.71 bits per heavy atom. The standard InChI is InChI=1S/C9H8F3N.ClH/c10-5-1-2-6(11)9(12)8(5)7-3-4-13-7;/h1-2,7,13H,3-4H2;1H/t7-;/m1./s1. The van der Waals surface area contributed by atoms with Gasteiger partial charge in [0.15, 0.2) is 11.6 Å². The van der Waals surface area contributed by atoms with E-state index in [1.165, 1.54) is 0 Å². The maximum absolute atomic E-state index is 13.1. The third kappa shape index (κ3) is 1.72. The minimum Gasteiger partial charge on any atom is -0.310 e. The Bertz CT molecular complexity index is 339. The fourth-order valence-electron chi connectivity index (χ4n) is 1.40. The van der Waals surface area contributed by atoms with E-state index in [1.807, 2.05) is 0 Å². The summed E-state index contributed by atoms with van der Waals surface area (Å²) in [6, 6.07) is 1.39. The van der Waals surface area contributed by atoms with Crippen molar-refractivity contribution in [2.24, 2.45) is 0 Å². The third-order valence-electron chi connectivity index (χ3n) is 2.25. The van der Waals surface area contributed by atoms with Crippen molar-refractivity contribution in [2.45, 2.75) is 12.5 Å². The molecule has 1 fully saturated rings. The summed E-state index contributed by atoms with van der Waals surface area (Å²) >= 11 is 0. The van der Waals surface area contributed by atoms with Gasteiger partial charge in [0.2, 0.25) is 0 Å². The highest BCUT2D eigenvalue weighted by Gasteiger charge is 2.26. The Balaban J connectivity index is 0.000000980. The monoisotopic (exact) mass is 223 g/mol. The molecular formula is C9H9ClF3N. The van der Waals surface area contributed by atoms with Gasteiger partial charge in [-0.3, -0.25) is 0 Å². The second-order valence-electron chi connectivity index (χ2n) is 3.05. The number of hydrogen-bond donors (Lipinski definition) is 1. The predicted octanol–water partition coefficient (Wildman–Crippen LogP) is 2.56. The average Bonchev–Trinajstić information content (AvgIpc) is 2.02. The first-order valence-corrected chi connectivity index (χ1v) is 4.07. The van der Waals surface area contributed by atoms with Crippen LogP contribution in [0.2, 0.25) is 0 Å². The summed E-state index contributed by atoms with van der Waals surface area (Å²) in [5.41, 5.74) is -0.175. The molecule has 0 amide bonds. The number of rotatable bonds is 1. The maximum atomic E-state index is 13.1. The molecule has 1 aromatic rings. The van der Waals surface area contributed by atoms with Crippen molar-refractivity contribution in [1.82, 2.24) is 5.32 Å². The predicted molar refractivity (Wildman–Crippen MR) is 48.9 cm³/mol. The topological polar surface area (TPSA) is 12.0 Å². The van der Waals surface area contributed by atoms with Crippen LogP contribution in [0.1, 0.15) is 18.0 Å². The number of halogens is 4. The zero-order chi connectivity index (χ0) is 9.42. The summed E-state index contributed by atoms with van der Waals surface area (Å²) in [6.07, 6.45) is 0.650. The van der Waals surface area contributed by atoms with Crippen molar-refractivity contribution in [3.63, 3.8) is 0 Å². The highest BCUT2D eigenvalue weighted by molar-refractivity contribution is 5.85. The van der Waals surface area contributed by atoms with Gasteiger partial charge in [0, 0.05) is 11.6 Å². The van der Waals surface area contributed by atoms with E-state index in [9.17, 15) is 13.2 Å². The van der Waals surface area contributed by atoms with Gasteiger partial charge in [0.25, 0.3) is 0 Å². The zero-order valence-electron chi connectivity index (χ0n) is 7.19. The lowest BCUT2D eigenvalue weighted by Gasteiger charge is -2.28.